The zero-order chi connectivity index (χ0) is 20.9. The van der Waals surface area contributed by atoms with Crippen LogP contribution in [-0.4, -0.2) is 12.5 Å². The lowest BCUT2D eigenvalue weighted by Crippen LogP contribution is -2.31. The maximum absolute atomic E-state index is 12.7. The molecule has 0 fully saturated rings. The van der Waals surface area contributed by atoms with Gasteiger partial charge in [-0.25, -0.2) is 0 Å². The quantitative estimate of drug-likeness (QED) is 0.591. The van der Waals surface area contributed by atoms with Gasteiger partial charge in [-0.2, -0.15) is 5.26 Å². The highest BCUT2D eigenvalue weighted by atomic mass is 32.1. The van der Waals surface area contributed by atoms with Crippen LogP contribution in [0.1, 0.15) is 46.5 Å². The van der Waals surface area contributed by atoms with Gasteiger partial charge in [0.05, 0.1) is 18.2 Å². The van der Waals surface area contributed by atoms with E-state index in [4.69, 9.17) is 0 Å². The zero-order valence-electron chi connectivity index (χ0n) is 17.0. The van der Waals surface area contributed by atoms with Gasteiger partial charge in [-0.05, 0) is 41.9 Å². The second kappa shape index (κ2) is 9.25. The van der Waals surface area contributed by atoms with Gasteiger partial charge in [0.25, 0.3) is 0 Å². The van der Waals surface area contributed by atoms with Crippen molar-refractivity contribution in [1.29, 1.82) is 5.26 Å². The molecule has 2 N–H and O–H groups in total. The van der Waals surface area contributed by atoms with Crippen LogP contribution in [0.25, 0.3) is 0 Å². The topological polar surface area (TPSA) is 64.9 Å². The summed E-state index contributed by atoms with van der Waals surface area (Å²) < 4.78 is 0. The molecule has 1 aliphatic carbocycles. The smallest absolute Gasteiger partial charge is 0.238 e. The summed E-state index contributed by atoms with van der Waals surface area (Å²) in [5, 5.41) is 16.7. The molecule has 30 heavy (non-hydrogen) atoms. The lowest BCUT2D eigenvalue weighted by molar-refractivity contribution is -0.115. The summed E-state index contributed by atoms with van der Waals surface area (Å²) in [6.07, 6.45) is 3.02. The van der Waals surface area contributed by atoms with E-state index >= 15 is 0 Å². The predicted octanol–water partition coefficient (Wildman–Crippen LogP) is 5.06. The van der Waals surface area contributed by atoms with Crippen LogP contribution in [-0.2, 0) is 17.6 Å². The van der Waals surface area contributed by atoms with Crippen molar-refractivity contribution in [2.45, 2.75) is 32.2 Å². The molecule has 152 valence electrons. The molecule has 1 atom stereocenters. The number of hydrogen-bond acceptors (Lipinski definition) is 4. The molecule has 0 aliphatic heterocycles. The number of benzene rings is 2. The van der Waals surface area contributed by atoms with Gasteiger partial charge < -0.3 is 5.32 Å². The van der Waals surface area contributed by atoms with E-state index in [1.807, 2.05) is 36.4 Å². The lowest BCUT2D eigenvalue weighted by Gasteiger charge is -2.19. The number of carbonyl (C=O) groups is 1. The maximum atomic E-state index is 12.7. The van der Waals surface area contributed by atoms with E-state index in [0.717, 1.165) is 36.0 Å². The summed E-state index contributed by atoms with van der Waals surface area (Å²) >= 11 is 1.56. The lowest BCUT2D eigenvalue weighted by atomic mass is 9.89. The molecule has 4 nitrogen and oxygen atoms in total. The normalized spacial score (nSPS) is 15.4. The van der Waals surface area contributed by atoms with E-state index in [-0.39, 0.29) is 18.5 Å². The van der Waals surface area contributed by atoms with Gasteiger partial charge in [0, 0.05) is 4.88 Å². The molecule has 0 radical (unpaired) electrons. The van der Waals surface area contributed by atoms with E-state index in [0.29, 0.717) is 16.5 Å². The van der Waals surface area contributed by atoms with E-state index in [1.165, 1.54) is 4.88 Å². The van der Waals surface area contributed by atoms with Crippen molar-refractivity contribution < 1.29 is 4.79 Å². The maximum Gasteiger partial charge on any atom is 0.238 e. The fraction of sp³-hybridized carbons (Fsp3) is 0.280. The summed E-state index contributed by atoms with van der Waals surface area (Å²) in [5.74, 6) is 0.500. The Morgan fingerprint density at radius 1 is 1.13 bits per heavy atom. The molecule has 1 amide bonds. The first-order chi connectivity index (χ1) is 14.7. The van der Waals surface area contributed by atoms with Crippen LogP contribution in [0.15, 0.2) is 60.7 Å². The summed E-state index contributed by atoms with van der Waals surface area (Å²) in [5.41, 5.74) is 4.00. The summed E-state index contributed by atoms with van der Waals surface area (Å²) in [6.45, 7) is 2.41. The molecule has 5 heteroatoms. The average molecular weight is 416 g/mol. The molecule has 2 aromatic carbocycles. The second-order valence-electron chi connectivity index (χ2n) is 7.85. The van der Waals surface area contributed by atoms with Gasteiger partial charge in [-0.3, -0.25) is 10.1 Å². The number of rotatable bonds is 6. The molecule has 0 saturated heterocycles. The molecule has 4 rings (SSSR count). The summed E-state index contributed by atoms with van der Waals surface area (Å²) in [6, 6.07) is 22.5. The molecule has 0 bridgehead atoms. The Labute approximate surface area is 181 Å². The van der Waals surface area contributed by atoms with E-state index in [2.05, 4.69) is 47.9 Å². The van der Waals surface area contributed by atoms with Gasteiger partial charge in [-0.15, -0.1) is 11.3 Å². The van der Waals surface area contributed by atoms with Gasteiger partial charge in [-0.1, -0.05) is 67.6 Å². The highest BCUT2D eigenvalue weighted by molar-refractivity contribution is 7.16. The van der Waals surface area contributed by atoms with Crippen LogP contribution in [0.4, 0.5) is 5.00 Å². The molecule has 1 aromatic heterocycles. The Hall–Kier alpha value is -2.94. The number of hydrogen-bond donors (Lipinski definition) is 2. The first-order valence-corrected chi connectivity index (χ1v) is 11.1. The van der Waals surface area contributed by atoms with Crippen molar-refractivity contribution in [3.8, 4) is 6.07 Å². The highest BCUT2D eigenvalue weighted by Crippen LogP contribution is 2.39. The van der Waals surface area contributed by atoms with Gasteiger partial charge in [0.15, 0.2) is 0 Å². The van der Waals surface area contributed by atoms with Crippen LogP contribution in [0.5, 0.6) is 0 Å². The molecular weight excluding hydrogens is 390 g/mol. The Morgan fingerprint density at radius 3 is 2.37 bits per heavy atom. The number of nitriles is 1. The van der Waals surface area contributed by atoms with Crippen molar-refractivity contribution in [2.24, 2.45) is 5.92 Å². The number of amides is 1. The average Bonchev–Trinajstić information content (AvgIpc) is 3.11. The van der Waals surface area contributed by atoms with Crippen LogP contribution in [0.3, 0.4) is 0 Å². The molecule has 1 heterocycles. The number of anilines is 1. The third kappa shape index (κ3) is 4.46. The van der Waals surface area contributed by atoms with Gasteiger partial charge in [0.1, 0.15) is 11.1 Å². The van der Waals surface area contributed by atoms with E-state index in [9.17, 15) is 10.1 Å². The Bertz CT molecular complexity index is 1010. The van der Waals surface area contributed by atoms with Crippen molar-refractivity contribution in [3.63, 3.8) is 0 Å². The van der Waals surface area contributed by atoms with Crippen LogP contribution < -0.4 is 10.6 Å². The number of nitrogens with one attached hydrogen (secondary N) is 2. The second-order valence-corrected chi connectivity index (χ2v) is 8.96. The Kier molecular flexibility index (Phi) is 6.27. The van der Waals surface area contributed by atoms with Crippen molar-refractivity contribution in [1.82, 2.24) is 5.32 Å². The molecule has 0 saturated carbocycles. The molecule has 0 spiro atoms. The Morgan fingerprint density at radius 2 is 1.77 bits per heavy atom. The summed E-state index contributed by atoms with van der Waals surface area (Å²) in [7, 11) is 0. The zero-order valence-corrected chi connectivity index (χ0v) is 17.8. The standard InChI is InChI=1S/C25H25N3OS/c1-17-12-13-20-21(15-26)25(30-22(20)14-17)28-23(29)16-27-24(18-8-4-2-5-9-18)19-10-6-3-7-11-19/h2-11,17,24,27H,12-14,16H2,1H3,(H,28,29)/t17-/m0/s1. The molecule has 0 unspecified atom stereocenters. The monoisotopic (exact) mass is 415 g/mol. The Balaban J connectivity index is 1.48. The predicted molar refractivity (Wildman–Crippen MR) is 122 cm³/mol. The van der Waals surface area contributed by atoms with Gasteiger partial charge in [0.2, 0.25) is 5.91 Å². The largest absolute Gasteiger partial charge is 0.315 e. The minimum atomic E-state index is -0.130. The molecule has 1 aliphatic rings. The first kappa shape index (κ1) is 20.3. The number of thiophene rings is 1. The number of fused-ring (bicyclic) bond motifs is 1. The van der Waals surface area contributed by atoms with Crippen molar-refractivity contribution in [2.75, 3.05) is 11.9 Å². The fourth-order valence-electron chi connectivity index (χ4n) is 4.04. The first-order valence-electron chi connectivity index (χ1n) is 10.3. The SMILES string of the molecule is C[C@H]1CCc2c(sc(NC(=O)CNC(c3ccccc3)c3ccccc3)c2C#N)C1. The van der Waals surface area contributed by atoms with E-state index in [1.54, 1.807) is 11.3 Å². The molecular formula is C25H25N3OS. The minimum Gasteiger partial charge on any atom is -0.315 e. The number of carbonyl (C=O) groups excluding carboxylic acids is 1. The van der Waals surface area contributed by atoms with Crippen molar-refractivity contribution in [3.05, 3.63) is 87.8 Å². The van der Waals surface area contributed by atoms with Crippen LogP contribution in [0, 0.1) is 17.2 Å². The van der Waals surface area contributed by atoms with E-state index < -0.39 is 0 Å². The minimum absolute atomic E-state index is 0.0778. The third-order valence-electron chi connectivity index (χ3n) is 5.61. The van der Waals surface area contributed by atoms with Crippen LogP contribution >= 0.6 is 11.3 Å². The van der Waals surface area contributed by atoms with Crippen LogP contribution in [0.2, 0.25) is 0 Å². The van der Waals surface area contributed by atoms with Crippen molar-refractivity contribution >= 4 is 22.2 Å². The summed E-state index contributed by atoms with van der Waals surface area (Å²) in [4.78, 5) is 14.0. The number of nitrogens with zero attached hydrogens (tertiary/aromatic N) is 1. The van der Waals surface area contributed by atoms with Gasteiger partial charge >= 0.3 is 0 Å². The highest BCUT2D eigenvalue weighted by Gasteiger charge is 2.25. The molecule has 3 aromatic rings. The third-order valence-corrected chi connectivity index (χ3v) is 6.78. The fourth-order valence-corrected chi connectivity index (χ4v) is 5.42.